The highest BCUT2D eigenvalue weighted by molar-refractivity contribution is 5.90. The van der Waals surface area contributed by atoms with Crippen molar-refractivity contribution in [3.8, 4) is 0 Å². The summed E-state index contributed by atoms with van der Waals surface area (Å²) in [5.41, 5.74) is 0.507. The summed E-state index contributed by atoms with van der Waals surface area (Å²) in [6.07, 6.45) is 1.15. The number of furan rings is 1. The Kier molecular flexibility index (Phi) is 5.22. The molecule has 1 heterocycles. The van der Waals surface area contributed by atoms with Gasteiger partial charge in [-0.3, -0.25) is 0 Å². The third kappa shape index (κ3) is 3.89. The van der Waals surface area contributed by atoms with E-state index < -0.39 is 0 Å². The summed E-state index contributed by atoms with van der Waals surface area (Å²) in [4.78, 5) is 11.4. The molecule has 0 bridgehead atoms. The summed E-state index contributed by atoms with van der Waals surface area (Å²) < 4.78 is 10.2. The molecular formula is C13H21NO3. The molecule has 0 aromatic carbocycles. The third-order valence-corrected chi connectivity index (χ3v) is 2.86. The molecule has 0 aliphatic heterocycles. The maximum absolute atomic E-state index is 11.4. The van der Waals surface area contributed by atoms with Crippen molar-refractivity contribution in [3.05, 3.63) is 23.2 Å². The largest absolute Gasteiger partial charge is 0.465 e. The molecule has 0 aliphatic rings. The molecule has 4 heteroatoms. The van der Waals surface area contributed by atoms with Gasteiger partial charge in [-0.25, -0.2) is 4.79 Å². The number of ether oxygens (including phenoxy) is 1. The fourth-order valence-corrected chi connectivity index (χ4v) is 1.53. The Morgan fingerprint density at radius 1 is 1.59 bits per heavy atom. The predicted octanol–water partition coefficient (Wildman–Crippen LogP) is 2.51. The summed E-state index contributed by atoms with van der Waals surface area (Å²) in [7, 11) is 1.37. The average molecular weight is 239 g/mol. The first kappa shape index (κ1) is 13.8. The van der Waals surface area contributed by atoms with Crippen molar-refractivity contribution in [2.24, 2.45) is 5.92 Å². The standard InChI is InChI=1S/C13H21NO3/c1-5-9(2)7-14-8-11-6-12(10(3)17-11)13(15)16-4/h6,9,14H,5,7-8H2,1-4H3. The fourth-order valence-electron chi connectivity index (χ4n) is 1.53. The van der Waals surface area contributed by atoms with Crippen LogP contribution in [-0.4, -0.2) is 19.6 Å². The van der Waals surface area contributed by atoms with E-state index in [-0.39, 0.29) is 5.97 Å². The van der Waals surface area contributed by atoms with Gasteiger partial charge in [0.15, 0.2) is 0 Å². The minimum atomic E-state index is -0.348. The van der Waals surface area contributed by atoms with Crippen LogP contribution >= 0.6 is 0 Å². The Balaban J connectivity index is 2.53. The summed E-state index contributed by atoms with van der Waals surface area (Å²) in [6.45, 7) is 7.72. The monoisotopic (exact) mass is 239 g/mol. The molecule has 0 radical (unpaired) electrons. The number of nitrogens with one attached hydrogen (secondary N) is 1. The van der Waals surface area contributed by atoms with E-state index in [0.717, 1.165) is 18.7 Å². The lowest BCUT2D eigenvalue weighted by molar-refractivity contribution is 0.0599. The molecule has 4 nitrogen and oxygen atoms in total. The second kappa shape index (κ2) is 6.45. The Bertz CT molecular complexity index is 371. The topological polar surface area (TPSA) is 51.5 Å². The lowest BCUT2D eigenvalue weighted by Gasteiger charge is -2.08. The number of carbonyl (C=O) groups excluding carboxylic acids is 1. The maximum Gasteiger partial charge on any atom is 0.341 e. The van der Waals surface area contributed by atoms with Crippen LogP contribution in [0.3, 0.4) is 0 Å². The van der Waals surface area contributed by atoms with Gasteiger partial charge in [0, 0.05) is 0 Å². The van der Waals surface area contributed by atoms with Crippen LogP contribution in [0.5, 0.6) is 0 Å². The normalized spacial score (nSPS) is 12.5. The molecule has 0 aliphatic carbocycles. The summed E-state index contributed by atoms with van der Waals surface area (Å²) in [5.74, 6) is 1.67. The lowest BCUT2D eigenvalue weighted by atomic mass is 10.1. The molecule has 96 valence electrons. The number of carbonyl (C=O) groups is 1. The minimum absolute atomic E-state index is 0.348. The Morgan fingerprint density at radius 3 is 2.88 bits per heavy atom. The van der Waals surface area contributed by atoms with Crippen LogP contribution in [0.15, 0.2) is 10.5 Å². The number of methoxy groups -OCH3 is 1. The van der Waals surface area contributed by atoms with Gasteiger partial charge in [-0.1, -0.05) is 20.3 Å². The molecule has 1 aromatic heterocycles. The van der Waals surface area contributed by atoms with Crippen LogP contribution in [0.2, 0.25) is 0 Å². The molecule has 1 N–H and O–H groups in total. The quantitative estimate of drug-likeness (QED) is 0.775. The van der Waals surface area contributed by atoms with Crippen molar-refractivity contribution in [1.82, 2.24) is 5.32 Å². The number of rotatable bonds is 6. The maximum atomic E-state index is 11.4. The SMILES string of the molecule is CCC(C)CNCc1cc(C(=O)OC)c(C)o1. The van der Waals surface area contributed by atoms with Crippen molar-refractivity contribution in [2.45, 2.75) is 33.7 Å². The molecule has 0 saturated carbocycles. The van der Waals surface area contributed by atoms with Gasteiger partial charge in [-0.15, -0.1) is 0 Å². The number of hydrogen-bond donors (Lipinski definition) is 1. The third-order valence-electron chi connectivity index (χ3n) is 2.86. The summed E-state index contributed by atoms with van der Waals surface area (Å²) in [5, 5.41) is 3.30. The van der Waals surface area contributed by atoms with E-state index in [1.54, 1.807) is 13.0 Å². The molecular weight excluding hydrogens is 218 g/mol. The van der Waals surface area contributed by atoms with Crippen molar-refractivity contribution in [2.75, 3.05) is 13.7 Å². The van der Waals surface area contributed by atoms with Crippen molar-refractivity contribution >= 4 is 5.97 Å². The van der Waals surface area contributed by atoms with Crippen LogP contribution < -0.4 is 5.32 Å². The molecule has 1 unspecified atom stereocenters. The van der Waals surface area contributed by atoms with E-state index in [1.165, 1.54) is 7.11 Å². The van der Waals surface area contributed by atoms with E-state index >= 15 is 0 Å². The van der Waals surface area contributed by atoms with Crippen LogP contribution in [0.25, 0.3) is 0 Å². The molecule has 1 aromatic rings. The Morgan fingerprint density at radius 2 is 2.29 bits per heavy atom. The van der Waals surface area contributed by atoms with Crippen molar-refractivity contribution in [3.63, 3.8) is 0 Å². The highest BCUT2D eigenvalue weighted by atomic mass is 16.5. The highest BCUT2D eigenvalue weighted by Crippen LogP contribution is 2.15. The first-order valence-electron chi connectivity index (χ1n) is 5.96. The Hall–Kier alpha value is -1.29. The second-order valence-corrected chi connectivity index (χ2v) is 4.32. The van der Waals surface area contributed by atoms with Gasteiger partial charge in [-0.2, -0.15) is 0 Å². The number of aryl methyl sites for hydroxylation is 1. The van der Waals surface area contributed by atoms with Gasteiger partial charge >= 0.3 is 5.97 Å². The minimum Gasteiger partial charge on any atom is -0.465 e. The van der Waals surface area contributed by atoms with E-state index in [4.69, 9.17) is 4.42 Å². The molecule has 0 fully saturated rings. The molecule has 0 saturated heterocycles. The van der Waals surface area contributed by atoms with Gasteiger partial charge in [0.2, 0.25) is 0 Å². The molecule has 0 amide bonds. The van der Waals surface area contributed by atoms with Crippen LogP contribution in [0.1, 0.15) is 42.1 Å². The van der Waals surface area contributed by atoms with Crippen molar-refractivity contribution < 1.29 is 13.9 Å². The fraction of sp³-hybridized carbons (Fsp3) is 0.615. The van der Waals surface area contributed by atoms with Gasteiger partial charge in [0.1, 0.15) is 17.1 Å². The zero-order chi connectivity index (χ0) is 12.8. The number of esters is 1. The van der Waals surface area contributed by atoms with Gasteiger partial charge in [0.25, 0.3) is 0 Å². The molecule has 0 spiro atoms. The van der Waals surface area contributed by atoms with Crippen molar-refractivity contribution in [1.29, 1.82) is 0 Å². The lowest BCUT2D eigenvalue weighted by Crippen LogP contribution is -2.19. The average Bonchev–Trinajstić information content (AvgIpc) is 2.69. The van der Waals surface area contributed by atoms with E-state index in [9.17, 15) is 4.79 Å². The van der Waals surface area contributed by atoms with E-state index in [1.807, 2.05) is 0 Å². The van der Waals surface area contributed by atoms with Crippen LogP contribution in [-0.2, 0) is 11.3 Å². The first-order chi connectivity index (χ1) is 8.08. The number of hydrogen-bond acceptors (Lipinski definition) is 4. The zero-order valence-corrected chi connectivity index (χ0v) is 11.0. The Labute approximate surface area is 102 Å². The van der Waals surface area contributed by atoms with Crippen LogP contribution in [0.4, 0.5) is 0 Å². The van der Waals surface area contributed by atoms with Gasteiger partial charge in [-0.05, 0) is 25.5 Å². The predicted molar refractivity (Wildman–Crippen MR) is 65.9 cm³/mol. The van der Waals surface area contributed by atoms with Gasteiger partial charge < -0.3 is 14.5 Å². The highest BCUT2D eigenvalue weighted by Gasteiger charge is 2.14. The van der Waals surface area contributed by atoms with E-state index in [0.29, 0.717) is 23.8 Å². The smallest absolute Gasteiger partial charge is 0.341 e. The van der Waals surface area contributed by atoms with Crippen LogP contribution in [0, 0.1) is 12.8 Å². The van der Waals surface area contributed by atoms with Gasteiger partial charge in [0.05, 0.1) is 13.7 Å². The summed E-state index contributed by atoms with van der Waals surface area (Å²) >= 11 is 0. The zero-order valence-electron chi connectivity index (χ0n) is 11.0. The first-order valence-corrected chi connectivity index (χ1v) is 5.96. The second-order valence-electron chi connectivity index (χ2n) is 4.32. The summed E-state index contributed by atoms with van der Waals surface area (Å²) in [6, 6.07) is 1.74. The molecule has 1 atom stereocenters. The molecule has 1 rings (SSSR count). The molecule has 17 heavy (non-hydrogen) atoms. The van der Waals surface area contributed by atoms with E-state index in [2.05, 4.69) is 23.9 Å².